The fourth-order valence-corrected chi connectivity index (χ4v) is 11.1. The number of hydrogen-bond acceptors (Lipinski definition) is 2. The summed E-state index contributed by atoms with van der Waals surface area (Å²) >= 11 is 1.91. The third-order valence-corrected chi connectivity index (χ3v) is 13.6. The molecule has 12 aromatic rings. The lowest BCUT2D eigenvalue weighted by atomic mass is 9.90. The number of benzene rings is 8. The highest BCUT2D eigenvalue weighted by Crippen LogP contribution is 2.46. The van der Waals surface area contributed by atoms with Gasteiger partial charge in [0, 0.05) is 70.5 Å². The monoisotopic (exact) mass is 758 g/mol. The van der Waals surface area contributed by atoms with E-state index < -0.39 is 0 Å². The summed E-state index contributed by atoms with van der Waals surface area (Å²) in [5.41, 5.74) is 14.5. The number of aromatic nitrogens is 2. The molecule has 3 nitrogen and oxygen atoms in total. The zero-order valence-electron chi connectivity index (χ0n) is 31.4. The highest BCUT2D eigenvalue weighted by molar-refractivity contribution is 7.26. The molecule has 1 aliphatic rings. The number of hydrogen-bond donors (Lipinski definition) is 0. The lowest BCUT2D eigenvalue weighted by molar-refractivity contribution is 0.548. The normalized spacial score (nSPS) is 13.1. The number of allylic oxidation sites excluding steroid dienone is 1. The van der Waals surface area contributed by atoms with Gasteiger partial charge in [0.2, 0.25) is 0 Å². The third kappa shape index (κ3) is 4.55. The van der Waals surface area contributed by atoms with Gasteiger partial charge in [0.25, 0.3) is 0 Å². The maximum atomic E-state index is 6.36. The average molecular weight is 759 g/mol. The Hall–Kier alpha value is -7.14. The molecule has 0 amide bonds. The van der Waals surface area contributed by atoms with E-state index in [2.05, 4.69) is 191 Å². The Morgan fingerprint density at radius 2 is 1.14 bits per heavy atom. The SMILES string of the molecule is C1=C(c2cc(-n3c4ccccc4c4c(-c5ccc6c7ccccc7n(-c7ccccc7)c6c5)cccc43)cc3c2sc2ccccc23)CCc2oc3ccccc3c21. The van der Waals surface area contributed by atoms with Crippen molar-refractivity contribution >= 4 is 97.7 Å². The fourth-order valence-electron chi connectivity index (χ4n) is 9.88. The summed E-state index contributed by atoms with van der Waals surface area (Å²) < 4.78 is 13.9. The Morgan fingerprint density at radius 1 is 0.448 bits per heavy atom. The van der Waals surface area contributed by atoms with Crippen molar-refractivity contribution < 1.29 is 4.42 Å². The summed E-state index contributed by atoms with van der Waals surface area (Å²) in [6.07, 6.45) is 4.22. The van der Waals surface area contributed by atoms with Gasteiger partial charge in [0.05, 0.1) is 22.1 Å². The molecule has 58 heavy (non-hydrogen) atoms. The molecule has 4 heteroatoms. The van der Waals surface area contributed by atoms with Crippen LogP contribution in [-0.2, 0) is 6.42 Å². The smallest absolute Gasteiger partial charge is 0.134 e. The van der Waals surface area contributed by atoms with Crippen LogP contribution in [0.15, 0.2) is 180 Å². The first-order valence-corrected chi connectivity index (χ1v) is 20.9. The number of thiophene rings is 1. The van der Waals surface area contributed by atoms with E-state index in [4.69, 9.17) is 4.42 Å². The molecule has 0 aliphatic heterocycles. The van der Waals surface area contributed by atoms with Crippen LogP contribution >= 0.6 is 11.3 Å². The van der Waals surface area contributed by atoms with Crippen LogP contribution in [0.2, 0.25) is 0 Å². The Morgan fingerprint density at radius 3 is 2.02 bits per heavy atom. The number of rotatable bonds is 4. The maximum Gasteiger partial charge on any atom is 0.134 e. The van der Waals surface area contributed by atoms with Crippen LogP contribution in [0.1, 0.15) is 23.3 Å². The first-order valence-electron chi connectivity index (χ1n) is 20.0. The molecule has 0 unspecified atom stereocenters. The van der Waals surface area contributed by atoms with Gasteiger partial charge in [0.15, 0.2) is 0 Å². The lowest BCUT2D eigenvalue weighted by Crippen LogP contribution is -1.99. The Labute approximate surface area is 337 Å². The molecule has 0 fully saturated rings. The van der Waals surface area contributed by atoms with E-state index >= 15 is 0 Å². The van der Waals surface area contributed by atoms with E-state index in [1.54, 1.807) is 0 Å². The van der Waals surface area contributed by atoms with Gasteiger partial charge in [-0.1, -0.05) is 115 Å². The quantitative estimate of drug-likeness (QED) is 0.175. The zero-order valence-corrected chi connectivity index (χ0v) is 32.3. The first kappa shape index (κ1) is 32.0. The fraction of sp³-hybridized carbons (Fsp3) is 0.0370. The second-order valence-electron chi connectivity index (χ2n) is 15.5. The molecule has 8 aromatic carbocycles. The van der Waals surface area contributed by atoms with Crippen molar-refractivity contribution in [2.45, 2.75) is 12.8 Å². The minimum atomic E-state index is 0.888. The first-order chi connectivity index (χ1) is 28.8. The molecule has 1 aliphatic carbocycles. The maximum absolute atomic E-state index is 6.36. The lowest BCUT2D eigenvalue weighted by Gasteiger charge is -2.17. The molecule has 4 heterocycles. The summed E-state index contributed by atoms with van der Waals surface area (Å²) in [5, 5.41) is 8.84. The minimum Gasteiger partial charge on any atom is -0.460 e. The van der Waals surface area contributed by atoms with Crippen LogP contribution in [-0.4, -0.2) is 9.13 Å². The summed E-state index contributed by atoms with van der Waals surface area (Å²) in [7, 11) is 0. The molecule has 0 spiro atoms. The molecular formula is C54H34N2OS. The summed E-state index contributed by atoms with van der Waals surface area (Å²) in [4.78, 5) is 0. The van der Waals surface area contributed by atoms with Crippen LogP contribution in [0.25, 0.3) is 109 Å². The molecule has 4 aromatic heterocycles. The van der Waals surface area contributed by atoms with E-state index in [1.165, 1.54) is 103 Å². The second-order valence-corrected chi connectivity index (χ2v) is 16.6. The van der Waals surface area contributed by atoms with Gasteiger partial charge in [-0.2, -0.15) is 0 Å². The van der Waals surface area contributed by atoms with Gasteiger partial charge in [0.1, 0.15) is 11.3 Å². The predicted molar refractivity (Wildman–Crippen MR) is 246 cm³/mol. The molecule has 13 rings (SSSR count). The van der Waals surface area contributed by atoms with Gasteiger partial charge in [-0.05, 0) is 95.4 Å². The van der Waals surface area contributed by atoms with E-state index in [1.807, 2.05) is 11.3 Å². The highest BCUT2D eigenvalue weighted by Gasteiger charge is 2.24. The number of aryl methyl sites for hydroxylation is 1. The molecule has 0 saturated heterocycles. The van der Waals surface area contributed by atoms with Gasteiger partial charge in [-0.15, -0.1) is 11.3 Å². The van der Waals surface area contributed by atoms with E-state index in [-0.39, 0.29) is 0 Å². The van der Waals surface area contributed by atoms with Crippen LogP contribution < -0.4 is 0 Å². The van der Waals surface area contributed by atoms with Crippen LogP contribution in [0, 0.1) is 0 Å². The molecule has 0 saturated carbocycles. The Bertz CT molecular complexity index is 3680. The van der Waals surface area contributed by atoms with Crippen molar-refractivity contribution in [3.8, 4) is 22.5 Å². The standard InChI is InChI=1S/C54H34N2OS/c1-2-13-35(14-3-1)55-46-20-8-4-15-38(46)39-27-25-34(30-49(39)55)37-19-12-22-48-53(37)42-18-5-9-21-47(42)56(48)36-31-43(54-45(32-36)41-17-7-11-24-52(41)58-54)33-26-28-51-44(29-33)40-16-6-10-23-50(40)57-51/h1-25,27,29-32H,26,28H2. The van der Waals surface area contributed by atoms with E-state index in [0.29, 0.717) is 0 Å². The molecule has 272 valence electrons. The van der Waals surface area contributed by atoms with Crippen LogP contribution in [0.4, 0.5) is 0 Å². The highest BCUT2D eigenvalue weighted by atomic mass is 32.1. The number of nitrogens with zero attached hydrogens (tertiary/aromatic N) is 2. The van der Waals surface area contributed by atoms with Gasteiger partial charge < -0.3 is 13.6 Å². The second kappa shape index (κ2) is 12.2. The predicted octanol–water partition coefficient (Wildman–Crippen LogP) is 15.1. The van der Waals surface area contributed by atoms with Crippen molar-refractivity contribution in [1.82, 2.24) is 9.13 Å². The van der Waals surface area contributed by atoms with Crippen molar-refractivity contribution in [3.63, 3.8) is 0 Å². The van der Waals surface area contributed by atoms with Crippen molar-refractivity contribution in [1.29, 1.82) is 0 Å². The van der Waals surface area contributed by atoms with Gasteiger partial charge >= 0.3 is 0 Å². The topological polar surface area (TPSA) is 23.0 Å². The molecule has 0 N–H and O–H groups in total. The minimum absolute atomic E-state index is 0.888. The third-order valence-electron chi connectivity index (χ3n) is 12.4. The van der Waals surface area contributed by atoms with Gasteiger partial charge in [-0.25, -0.2) is 0 Å². The van der Waals surface area contributed by atoms with Crippen molar-refractivity contribution in [2.24, 2.45) is 0 Å². The molecule has 0 atom stereocenters. The number of fused-ring (bicyclic) bond motifs is 12. The molecule has 0 bridgehead atoms. The zero-order chi connectivity index (χ0) is 37.9. The van der Waals surface area contributed by atoms with Crippen molar-refractivity contribution in [2.75, 3.05) is 0 Å². The number of para-hydroxylation sites is 4. The average Bonchev–Trinajstić information content (AvgIpc) is 4.03. The van der Waals surface area contributed by atoms with Crippen LogP contribution in [0.3, 0.4) is 0 Å². The van der Waals surface area contributed by atoms with Crippen molar-refractivity contribution in [3.05, 3.63) is 193 Å². The van der Waals surface area contributed by atoms with Gasteiger partial charge in [-0.3, -0.25) is 0 Å². The summed E-state index contributed by atoms with van der Waals surface area (Å²) in [6, 6.07) is 64.5. The number of furan rings is 1. The molecular weight excluding hydrogens is 725 g/mol. The summed E-state index contributed by atoms with van der Waals surface area (Å²) in [5.74, 6) is 1.09. The Kier molecular flexibility index (Phi) is 6.72. The molecule has 0 radical (unpaired) electrons. The largest absolute Gasteiger partial charge is 0.460 e. The van der Waals surface area contributed by atoms with E-state index in [0.717, 1.165) is 29.9 Å². The Balaban J connectivity index is 1.07. The van der Waals surface area contributed by atoms with E-state index in [9.17, 15) is 0 Å². The summed E-state index contributed by atoms with van der Waals surface area (Å²) in [6.45, 7) is 0. The van der Waals surface area contributed by atoms with Crippen LogP contribution in [0.5, 0.6) is 0 Å².